The zero-order valence-electron chi connectivity index (χ0n) is 13.2. The van der Waals surface area contributed by atoms with Gasteiger partial charge in [0.15, 0.2) is 5.15 Å². The van der Waals surface area contributed by atoms with Crippen molar-refractivity contribution in [1.82, 2.24) is 15.0 Å². The van der Waals surface area contributed by atoms with E-state index in [0.717, 1.165) is 6.20 Å². The molecule has 0 amide bonds. The number of benzene rings is 1. The summed E-state index contributed by atoms with van der Waals surface area (Å²) in [5.74, 6) is -0.377. The fourth-order valence-electron chi connectivity index (χ4n) is 1.93. The molecule has 0 bridgehead atoms. The van der Waals surface area contributed by atoms with Gasteiger partial charge in [-0.2, -0.15) is 9.97 Å². The molecular formula is C14H10Cl3N5O4S. The van der Waals surface area contributed by atoms with E-state index < -0.39 is 10.0 Å². The van der Waals surface area contributed by atoms with Crippen molar-refractivity contribution in [2.45, 2.75) is 11.5 Å². The van der Waals surface area contributed by atoms with Crippen molar-refractivity contribution in [3.05, 3.63) is 51.6 Å². The molecule has 27 heavy (non-hydrogen) atoms. The van der Waals surface area contributed by atoms with Crippen LogP contribution in [-0.2, 0) is 16.6 Å². The lowest BCUT2D eigenvalue weighted by Gasteiger charge is -2.12. The fraction of sp³-hybridized carbons (Fsp3) is 0.0714. The molecule has 0 aliphatic carbocycles. The lowest BCUT2D eigenvalue weighted by molar-refractivity contribution is 0.289. The highest BCUT2D eigenvalue weighted by Gasteiger charge is 2.23. The zero-order chi connectivity index (χ0) is 19.6. The van der Waals surface area contributed by atoms with Crippen LogP contribution in [0.3, 0.4) is 0 Å². The van der Waals surface area contributed by atoms with Crippen molar-refractivity contribution in [1.29, 1.82) is 0 Å². The van der Waals surface area contributed by atoms with Crippen LogP contribution in [0.25, 0.3) is 0 Å². The topological polar surface area (TPSA) is 133 Å². The molecule has 0 saturated carbocycles. The summed E-state index contributed by atoms with van der Waals surface area (Å²) in [6.07, 6.45) is 2.43. The van der Waals surface area contributed by atoms with E-state index in [1.807, 2.05) is 0 Å². The number of nitrogens with zero attached hydrogens (tertiary/aromatic N) is 3. The Hall–Kier alpha value is -2.27. The number of nitrogen functional groups attached to an aromatic ring is 1. The Morgan fingerprint density at radius 3 is 2.70 bits per heavy atom. The quantitative estimate of drug-likeness (QED) is 0.584. The average molecular weight is 451 g/mol. The smallest absolute Gasteiger partial charge is 0.292 e. The van der Waals surface area contributed by atoms with Gasteiger partial charge in [0.2, 0.25) is 5.82 Å². The fourth-order valence-corrected chi connectivity index (χ4v) is 3.82. The Bertz CT molecular complexity index is 1090. The first-order valence-electron chi connectivity index (χ1n) is 7.08. The van der Waals surface area contributed by atoms with E-state index in [2.05, 4.69) is 19.7 Å². The van der Waals surface area contributed by atoms with Crippen molar-refractivity contribution in [3.8, 4) is 5.88 Å². The predicted molar refractivity (Wildman–Crippen MR) is 99.6 cm³/mol. The molecule has 0 saturated heterocycles. The average Bonchev–Trinajstić information content (AvgIpc) is 3.02. The number of sulfonamides is 1. The molecule has 0 radical (unpaired) electrons. The van der Waals surface area contributed by atoms with Crippen LogP contribution < -0.4 is 15.2 Å². The third-order valence-electron chi connectivity index (χ3n) is 3.07. The molecule has 3 N–H and O–H groups in total. The highest BCUT2D eigenvalue weighted by Crippen LogP contribution is 2.31. The normalized spacial score (nSPS) is 11.4. The highest BCUT2D eigenvalue weighted by atomic mass is 35.5. The number of ether oxygens (including phenoxy) is 1. The monoisotopic (exact) mass is 449 g/mol. The standard InChI is InChI=1S/C14H10Cl3N5O4S/c15-8-2-1-3-9(11(8)17)27(23,24)22-12-13(21-10(16)4-19-12)25-5-7-6-26-14(18)20-7/h1-4,6H,5H2,(H2,18,20)(H,19,22). The second-order valence-electron chi connectivity index (χ2n) is 4.97. The minimum Gasteiger partial charge on any atom is -0.468 e. The minimum absolute atomic E-state index is 0.00611. The van der Waals surface area contributed by atoms with Gasteiger partial charge in [-0.15, -0.1) is 0 Å². The van der Waals surface area contributed by atoms with Gasteiger partial charge >= 0.3 is 0 Å². The van der Waals surface area contributed by atoms with Gasteiger partial charge in [0.1, 0.15) is 23.5 Å². The molecule has 0 spiro atoms. The van der Waals surface area contributed by atoms with Gasteiger partial charge in [0, 0.05) is 0 Å². The summed E-state index contributed by atoms with van der Waals surface area (Å²) in [4.78, 5) is 11.4. The van der Waals surface area contributed by atoms with Crippen molar-refractivity contribution in [2.24, 2.45) is 0 Å². The van der Waals surface area contributed by atoms with Crippen LogP contribution in [0, 0.1) is 0 Å². The van der Waals surface area contributed by atoms with E-state index >= 15 is 0 Å². The van der Waals surface area contributed by atoms with Crippen LogP contribution in [0.2, 0.25) is 15.2 Å². The summed E-state index contributed by atoms with van der Waals surface area (Å²) in [5.41, 5.74) is 5.74. The molecule has 2 aromatic heterocycles. The summed E-state index contributed by atoms with van der Waals surface area (Å²) >= 11 is 17.7. The number of aromatic nitrogens is 3. The Morgan fingerprint density at radius 1 is 1.22 bits per heavy atom. The zero-order valence-corrected chi connectivity index (χ0v) is 16.3. The van der Waals surface area contributed by atoms with E-state index in [1.54, 1.807) is 0 Å². The maximum Gasteiger partial charge on any atom is 0.292 e. The SMILES string of the molecule is Nc1nc(COc2nc(Cl)cnc2NS(=O)(=O)c2cccc(Cl)c2Cl)co1. The molecule has 3 aromatic rings. The number of hydrogen-bond donors (Lipinski definition) is 2. The van der Waals surface area contributed by atoms with Gasteiger partial charge in [-0.1, -0.05) is 40.9 Å². The van der Waals surface area contributed by atoms with E-state index in [-0.39, 0.29) is 44.4 Å². The molecule has 0 aliphatic heterocycles. The maximum absolute atomic E-state index is 12.6. The Labute approximate surface area is 168 Å². The lowest BCUT2D eigenvalue weighted by Crippen LogP contribution is -2.16. The summed E-state index contributed by atoms with van der Waals surface area (Å²) in [6, 6.07) is 4.16. The first-order valence-corrected chi connectivity index (χ1v) is 9.70. The van der Waals surface area contributed by atoms with E-state index in [1.165, 1.54) is 24.5 Å². The van der Waals surface area contributed by atoms with Crippen molar-refractivity contribution in [2.75, 3.05) is 10.5 Å². The summed E-state index contributed by atoms with van der Waals surface area (Å²) < 4.78 is 37.8. The lowest BCUT2D eigenvalue weighted by atomic mass is 10.4. The van der Waals surface area contributed by atoms with Crippen LogP contribution in [0.4, 0.5) is 11.8 Å². The van der Waals surface area contributed by atoms with Crippen molar-refractivity contribution in [3.63, 3.8) is 0 Å². The molecule has 9 nitrogen and oxygen atoms in total. The van der Waals surface area contributed by atoms with Gasteiger partial charge in [-0.3, -0.25) is 4.72 Å². The Morgan fingerprint density at radius 2 is 2.00 bits per heavy atom. The van der Waals surface area contributed by atoms with Crippen LogP contribution >= 0.6 is 34.8 Å². The number of halogens is 3. The Kier molecular flexibility index (Phi) is 5.61. The number of hydrogen-bond acceptors (Lipinski definition) is 8. The predicted octanol–water partition coefficient (Wildman–Crippen LogP) is 3.39. The van der Waals surface area contributed by atoms with Crippen LogP contribution in [0.15, 0.2) is 40.0 Å². The number of anilines is 2. The van der Waals surface area contributed by atoms with Gasteiger partial charge < -0.3 is 14.9 Å². The maximum atomic E-state index is 12.6. The molecule has 142 valence electrons. The third kappa shape index (κ3) is 4.53. The third-order valence-corrected chi connectivity index (χ3v) is 5.57. The van der Waals surface area contributed by atoms with Crippen LogP contribution in [0.5, 0.6) is 5.88 Å². The van der Waals surface area contributed by atoms with Gasteiger partial charge in [0.05, 0.1) is 16.2 Å². The van der Waals surface area contributed by atoms with E-state index in [4.69, 9.17) is 49.7 Å². The summed E-state index contributed by atoms with van der Waals surface area (Å²) in [6.45, 7) is -0.109. The number of oxazole rings is 1. The second kappa shape index (κ2) is 7.77. The molecule has 0 unspecified atom stereocenters. The van der Waals surface area contributed by atoms with E-state index in [9.17, 15) is 8.42 Å². The van der Waals surface area contributed by atoms with Gasteiger partial charge in [-0.05, 0) is 12.1 Å². The number of rotatable bonds is 6. The van der Waals surface area contributed by atoms with Crippen molar-refractivity contribution >= 4 is 56.7 Å². The van der Waals surface area contributed by atoms with Gasteiger partial charge in [0.25, 0.3) is 21.9 Å². The molecule has 13 heteroatoms. The van der Waals surface area contributed by atoms with Gasteiger partial charge in [-0.25, -0.2) is 13.4 Å². The minimum atomic E-state index is -4.13. The van der Waals surface area contributed by atoms with Crippen LogP contribution in [-0.4, -0.2) is 23.4 Å². The molecular weight excluding hydrogens is 441 g/mol. The largest absolute Gasteiger partial charge is 0.468 e. The molecule has 1 aromatic carbocycles. The van der Waals surface area contributed by atoms with Crippen molar-refractivity contribution < 1.29 is 17.6 Å². The highest BCUT2D eigenvalue weighted by molar-refractivity contribution is 7.92. The molecule has 0 atom stereocenters. The first-order chi connectivity index (χ1) is 12.8. The molecule has 0 aliphatic rings. The molecule has 0 fully saturated rings. The molecule has 3 rings (SSSR count). The number of nitrogens with one attached hydrogen (secondary N) is 1. The Balaban J connectivity index is 1.89. The molecule has 2 heterocycles. The van der Waals surface area contributed by atoms with E-state index in [0.29, 0.717) is 5.69 Å². The number of nitrogens with two attached hydrogens (primary N) is 1. The summed E-state index contributed by atoms with van der Waals surface area (Å²) in [7, 11) is -4.13. The first kappa shape index (κ1) is 19.5. The second-order valence-corrected chi connectivity index (χ2v) is 7.79. The van der Waals surface area contributed by atoms with Crippen LogP contribution in [0.1, 0.15) is 5.69 Å². The summed E-state index contributed by atoms with van der Waals surface area (Å²) in [5, 5.41) is -0.0515.